The molecular weight excluding hydrogens is 246 g/mol. The van der Waals surface area contributed by atoms with Gasteiger partial charge in [0.05, 0.1) is 6.07 Å². The lowest BCUT2D eigenvalue weighted by atomic mass is 10.2. The molecule has 0 aromatic carbocycles. The minimum atomic E-state index is -0.610. The predicted octanol–water partition coefficient (Wildman–Crippen LogP) is 1.02. The summed E-state index contributed by atoms with van der Waals surface area (Å²) < 4.78 is 5.06. The quantitative estimate of drug-likeness (QED) is 0.808. The molecule has 1 heterocycles. The number of nitrogens with one attached hydrogen (secondary N) is 1. The Labute approximate surface area is 112 Å². The van der Waals surface area contributed by atoms with Gasteiger partial charge in [-0.15, -0.1) is 0 Å². The number of amides is 2. The van der Waals surface area contributed by atoms with Gasteiger partial charge in [0.2, 0.25) is 5.91 Å². The van der Waals surface area contributed by atoms with Crippen LogP contribution in [0.4, 0.5) is 4.79 Å². The average Bonchev–Trinajstić information content (AvgIpc) is 2.95. The van der Waals surface area contributed by atoms with Crippen LogP contribution in [-0.4, -0.2) is 41.1 Å². The third-order valence-corrected chi connectivity index (χ3v) is 3.32. The molecule has 2 aliphatic rings. The maximum absolute atomic E-state index is 12.0. The minimum absolute atomic E-state index is 0.115. The first kappa shape index (κ1) is 13.7. The number of carbonyl (C=O) groups is 2. The zero-order valence-corrected chi connectivity index (χ0v) is 11.5. The summed E-state index contributed by atoms with van der Waals surface area (Å²) in [7, 11) is 0. The molecule has 3 atom stereocenters. The lowest BCUT2D eigenvalue weighted by Gasteiger charge is -2.24. The molecule has 2 rings (SSSR count). The first-order valence-electron chi connectivity index (χ1n) is 6.49. The zero-order chi connectivity index (χ0) is 14.2. The summed E-state index contributed by atoms with van der Waals surface area (Å²) in [5.74, 6) is 0.275. The van der Waals surface area contributed by atoms with Crippen LogP contribution >= 0.6 is 0 Å². The van der Waals surface area contributed by atoms with Crippen molar-refractivity contribution in [3.05, 3.63) is 0 Å². The van der Waals surface area contributed by atoms with Gasteiger partial charge in [0.25, 0.3) is 0 Å². The zero-order valence-electron chi connectivity index (χ0n) is 11.5. The van der Waals surface area contributed by atoms with Crippen LogP contribution in [0.15, 0.2) is 0 Å². The summed E-state index contributed by atoms with van der Waals surface area (Å²) in [4.78, 5) is 25.1. The molecule has 1 aliphatic carbocycles. The first-order valence-corrected chi connectivity index (χ1v) is 6.49. The Kier molecular flexibility index (Phi) is 3.40. The van der Waals surface area contributed by atoms with E-state index in [1.807, 2.05) is 0 Å². The van der Waals surface area contributed by atoms with Crippen LogP contribution in [0.5, 0.6) is 0 Å². The second-order valence-electron chi connectivity index (χ2n) is 6.10. The number of nitrogens with zero attached hydrogens (tertiary/aromatic N) is 2. The fourth-order valence-electron chi connectivity index (χ4n) is 2.48. The van der Waals surface area contributed by atoms with Crippen LogP contribution in [0.2, 0.25) is 0 Å². The molecule has 0 spiro atoms. The highest BCUT2D eigenvalue weighted by atomic mass is 16.6. The Morgan fingerprint density at radius 2 is 2.11 bits per heavy atom. The van der Waals surface area contributed by atoms with Gasteiger partial charge in [-0.1, -0.05) is 0 Å². The number of nitriles is 1. The number of hydrogen-bond donors (Lipinski definition) is 1. The number of likely N-dealkylation sites (tertiary alicyclic amines) is 1. The minimum Gasteiger partial charge on any atom is -0.444 e. The summed E-state index contributed by atoms with van der Waals surface area (Å²) in [6.07, 6.45) is 1.14. The van der Waals surface area contributed by atoms with Gasteiger partial charge in [0.1, 0.15) is 18.2 Å². The highest BCUT2D eigenvalue weighted by molar-refractivity contribution is 5.83. The molecule has 0 aromatic heterocycles. The molecule has 6 nitrogen and oxygen atoms in total. The smallest absolute Gasteiger partial charge is 0.408 e. The standard InChI is InChI=1S/C13H19N3O3/c1-13(2,3)19-12(18)15-7-11(17)16-9(6-14)4-8-5-10(8)16/h8-10H,4-5,7H2,1-3H3,(H,15,18)/t8-,9+,10+/m1/s1. The molecule has 19 heavy (non-hydrogen) atoms. The maximum atomic E-state index is 12.0. The van der Waals surface area contributed by atoms with E-state index in [1.54, 1.807) is 25.7 Å². The van der Waals surface area contributed by atoms with Crippen molar-refractivity contribution < 1.29 is 14.3 Å². The fourth-order valence-corrected chi connectivity index (χ4v) is 2.48. The number of fused-ring (bicyclic) bond motifs is 1. The second kappa shape index (κ2) is 4.72. The number of alkyl carbamates (subject to hydrolysis) is 1. The molecule has 1 saturated carbocycles. The third kappa shape index (κ3) is 3.16. The Bertz CT molecular complexity index is 435. The fraction of sp³-hybridized carbons (Fsp3) is 0.769. The molecule has 0 radical (unpaired) electrons. The van der Waals surface area contributed by atoms with Gasteiger partial charge in [-0.3, -0.25) is 4.79 Å². The number of ether oxygens (including phenoxy) is 1. The van der Waals surface area contributed by atoms with E-state index in [0.717, 1.165) is 12.8 Å². The van der Waals surface area contributed by atoms with Gasteiger partial charge in [-0.05, 0) is 39.5 Å². The van der Waals surface area contributed by atoms with Crippen LogP contribution < -0.4 is 5.32 Å². The molecule has 1 saturated heterocycles. The van der Waals surface area contributed by atoms with Crippen LogP contribution in [-0.2, 0) is 9.53 Å². The molecular formula is C13H19N3O3. The molecule has 2 fully saturated rings. The van der Waals surface area contributed by atoms with Crippen molar-refractivity contribution in [2.45, 2.75) is 51.3 Å². The van der Waals surface area contributed by atoms with Crippen LogP contribution in [0, 0.1) is 17.2 Å². The number of carbonyl (C=O) groups excluding carboxylic acids is 2. The van der Waals surface area contributed by atoms with Crippen molar-refractivity contribution in [2.75, 3.05) is 6.54 Å². The number of piperidine rings is 1. The SMILES string of the molecule is CC(C)(C)OC(=O)NCC(=O)N1[C@H](C#N)C[C@@H]2C[C@@H]21. The molecule has 104 valence electrons. The summed E-state index contributed by atoms with van der Waals surface area (Å²) in [5.41, 5.74) is -0.586. The number of hydrogen-bond acceptors (Lipinski definition) is 4. The van der Waals surface area contributed by atoms with E-state index in [4.69, 9.17) is 10.00 Å². The molecule has 2 amide bonds. The largest absolute Gasteiger partial charge is 0.444 e. The van der Waals surface area contributed by atoms with Crippen LogP contribution in [0.25, 0.3) is 0 Å². The van der Waals surface area contributed by atoms with Crippen molar-refractivity contribution >= 4 is 12.0 Å². The number of rotatable bonds is 2. The van der Waals surface area contributed by atoms with Crippen molar-refractivity contribution in [3.8, 4) is 6.07 Å². The first-order chi connectivity index (χ1) is 8.81. The Hall–Kier alpha value is -1.77. The van der Waals surface area contributed by atoms with Crippen LogP contribution in [0.1, 0.15) is 33.6 Å². The lowest BCUT2D eigenvalue weighted by Crippen LogP contribution is -2.45. The van der Waals surface area contributed by atoms with Gasteiger partial charge < -0.3 is 15.0 Å². The van der Waals surface area contributed by atoms with Gasteiger partial charge in [0.15, 0.2) is 0 Å². The van der Waals surface area contributed by atoms with E-state index in [2.05, 4.69) is 11.4 Å². The predicted molar refractivity (Wildman–Crippen MR) is 67.0 cm³/mol. The second-order valence-corrected chi connectivity index (χ2v) is 6.10. The van der Waals surface area contributed by atoms with Crippen molar-refractivity contribution in [2.24, 2.45) is 5.92 Å². The van der Waals surface area contributed by atoms with E-state index >= 15 is 0 Å². The highest BCUT2D eigenvalue weighted by Gasteiger charge is 2.53. The Morgan fingerprint density at radius 1 is 1.42 bits per heavy atom. The molecule has 0 unspecified atom stereocenters. The highest BCUT2D eigenvalue weighted by Crippen LogP contribution is 2.47. The van der Waals surface area contributed by atoms with Crippen molar-refractivity contribution in [1.82, 2.24) is 10.2 Å². The van der Waals surface area contributed by atoms with Crippen molar-refractivity contribution in [1.29, 1.82) is 5.26 Å². The molecule has 1 aliphatic heterocycles. The molecule has 0 bridgehead atoms. The summed E-state index contributed by atoms with van der Waals surface area (Å²) in [5, 5.41) is 11.4. The normalized spacial score (nSPS) is 28.3. The lowest BCUT2D eigenvalue weighted by molar-refractivity contribution is -0.131. The average molecular weight is 265 g/mol. The Balaban J connectivity index is 1.82. The van der Waals surface area contributed by atoms with Crippen molar-refractivity contribution in [3.63, 3.8) is 0 Å². The Morgan fingerprint density at radius 3 is 2.68 bits per heavy atom. The third-order valence-electron chi connectivity index (χ3n) is 3.32. The van der Waals surface area contributed by atoms with E-state index in [1.165, 1.54) is 0 Å². The van der Waals surface area contributed by atoms with Gasteiger partial charge in [-0.25, -0.2) is 4.79 Å². The topological polar surface area (TPSA) is 82.4 Å². The van der Waals surface area contributed by atoms with E-state index < -0.39 is 11.7 Å². The summed E-state index contributed by atoms with van der Waals surface area (Å²) in [6, 6.07) is 2.01. The van der Waals surface area contributed by atoms with Gasteiger partial charge in [0, 0.05) is 6.04 Å². The van der Waals surface area contributed by atoms with Gasteiger partial charge >= 0.3 is 6.09 Å². The van der Waals surface area contributed by atoms with Crippen LogP contribution in [0.3, 0.4) is 0 Å². The molecule has 0 aromatic rings. The van der Waals surface area contributed by atoms with Gasteiger partial charge in [-0.2, -0.15) is 5.26 Å². The summed E-state index contributed by atoms with van der Waals surface area (Å²) in [6.45, 7) is 5.16. The molecule has 1 N–H and O–H groups in total. The monoisotopic (exact) mass is 265 g/mol. The van der Waals surface area contributed by atoms with E-state index in [9.17, 15) is 9.59 Å². The maximum Gasteiger partial charge on any atom is 0.408 e. The van der Waals surface area contributed by atoms with E-state index in [0.29, 0.717) is 5.92 Å². The van der Waals surface area contributed by atoms with E-state index in [-0.39, 0.29) is 24.5 Å². The summed E-state index contributed by atoms with van der Waals surface area (Å²) >= 11 is 0. The molecule has 6 heteroatoms.